The zero-order chi connectivity index (χ0) is 38.0. The van der Waals surface area contributed by atoms with Gasteiger partial charge in [-0.05, 0) is 75.8 Å². The normalized spacial score (nSPS) is 12.3. The minimum atomic E-state index is -1.07. The number of anilines is 1. The minimum absolute atomic E-state index is 0.0840. The summed E-state index contributed by atoms with van der Waals surface area (Å²) in [5.74, 6) is -1.12. The smallest absolute Gasteiger partial charge is 0.420 e. The largest absolute Gasteiger partial charge is 0.443 e. The minimum Gasteiger partial charge on any atom is -0.443 e. The quantitative estimate of drug-likeness (QED) is 0.233. The van der Waals surface area contributed by atoms with Crippen LogP contribution < -0.4 is 16.2 Å². The third kappa shape index (κ3) is 11.5. The van der Waals surface area contributed by atoms with Crippen LogP contribution in [-0.2, 0) is 32.0 Å². The van der Waals surface area contributed by atoms with E-state index in [-0.39, 0.29) is 61.4 Å². The summed E-state index contributed by atoms with van der Waals surface area (Å²) >= 11 is 0. The topological polar surface area (TPSA) is 157 Å². The fraction of sp³-hybridized carbons (Fsp3) is 0.500. The van der Waals surface area contributed by atoms with E-state index in [1.165, 1.54) is 56.5 Å². The Morgan fingerprint density at radius 2 is 1.82 bits per heavy atom. The standard InChI is InChI=1S/C36H50FN7O7/c1-23(2)19-24-20-25(37)21-28-31(24)40-29(44(28)35(49)51-36(3,4)5)22-43-16-12-14-27(33(43)47)38-32(46)26(13-10-11-15-30(45)41(6)7)39-34(48)42(8)17-18-50-9/h11-12,14-16,20-21,23,26H,10,13,17-19,22H2,1-9H3,(H,38,46)(H,39,48)/b15-11+. The fourth-order valence-electron chi connectivity index (χ4n) is 5.05. The molecule has 1 aromatic carbocycles. The van der Waals surface area contributed by atoms with Gasteiger partial charge in [-0.3, -0.25) is 14.4 Å². The van der Waals surface area contributed by atoms with Crippen molar-refractivity contribution in [3.63, 3.8) is 0 Å². The number of imidazole rings is 1. The number of allylic oxidation sites excluding steroid dienone is 1. The molecule has 0 saturated heterocycles. The second-order valence-electron chi connectivity index (χ2n) is 13.8. The summed E-state index contributed by atoms with van der Waals surface area (Å²) in [5.41, 5.74) is -0.330. The van der Waals surface area contributed by atoms with Crippen LogP contribution in [0.3, 0.4) is 0 Å². The molecule has 0 spiro atoms. The van der Waals surface area contributed by atoms with E-state index < -0.39 is 41.1 Å². The summed E-state index contributed by atoms with van der Waals surface area (Å²) in [7, 11) is 6.29. The summed E-state index contributed by atoms with van der Waals surface area (Å²) in [6, 6.07) is 3.97. The SMILES string of the molecule is COCCN(C)C(=O)NC(CC/C=C/C(=O)N(C)C)C(=O)Nc1cccn(Cc2nc3c(CC(C)C)cc(F)cc3n2C(=O)OC(C)(C)C)c1=O. The summed E-state index contributed by atoms with van der Waals surface area (Å²) in [6.07, 6.45) is 4.58. The maximum atomic E-state index is 14.9. The van der Waals surface area contributed by atoms with Gasteiger partial charge in [-0.15, -0.1) is 0 Å². The number of nitrogens with one attached hydrogen (secondary N) is 2. The van der Waals surface area contributed by atoms with Crippen LogP contribution in [0.1, 0.15) is 58.8 Å². The van der Waals surface area contributed by atoms with Crippen molar-refractivity contribution >= 4 is 40.7 Å². The first-order valence-corrected chi connectivity index (χ1v) is 16.7. The average molecular weight is 712 g/mol. The van der Waals surface area contributed by atoms with Gasteiger partial charge in [0.15, 0.2) is 0 Å². The zero-order valence-electron chi connectivity index (χ0n) is 30.9. The maximum absolute atomic E-state index is 14.9. The van der Waals surface area contributed by atoms with Gasteiger partial charge in [0.05, 0.1) is 24.2 Å². The second kappa shape index (κ2) is 17.7. The Labute approximate surface area is 297 Å². The number of ether oxygens (including phenoxy) is 2. The number of aromatic nitrogens is 3. The van der Waals surface area contributed by atoms with Gasteiger partial charge < -0.3 is 34.5 Å². The summed E-state index contributed by atoms with van der Waals surface area (Å²) in [6.45, 7) is 9.44. The van der Waals surface area contributed by atoms with Gasteiger partial charge in [0, 0.05) is 47.1 Å². The van der Waals surface area contributed by atoms with Gasteiger partial charge >= 0.3 is 12.1 Å². The average Bonchev–Trinajstić information content (AvgIpc) is 3.39. The lowest BCUT2D eigenvalue weighted by Crippen LogP contribution is -2.49. The number of carbonyl (C=O) groups is 4. The van der Waals surface area contributed by atoms with E-state index in [0.29, 0.717) is 17.5 Å². The van der Waals surface area contributed by atoms with E-state index in [1.54, 1.807) is 54.1 Å². The molecule has 51 heavy (non-hydrogen) atoms. The Hall–Kier alpha value is -5.05. The molecule has 0 radical (unpaired) electrons. The van der Waals surface area contributed by atoms with Crippen molar-refractivity contribution in [1.82, 2.24) is 29.2 Å². The molecule has 0 aliphatic rings. The summed E-state index contributed by atoms with van der Waals surface area (Å²) < 4.78 is 28.0. The molecule has 3 aromatic rings. The Kier molecular flexibility index (Phi) is 14.0. The molecule has 4 amide bonds. The molecular weight excluding hydrogens is 661 g/mol. The van der Waals surface area contributed by atoms with Crippen LogP contribution in [0.2, 0.25) is 0 Å². The molecule has 2 heterocycles. The van der Waals surface area contributed by atoms with E-state index in [9.17, 15) is 28.4 Å². The van der Waals surface area contributed by atoms with Crippen molar-refractivity contribution in [3.05, 3.63) is 70.2 Å². The Morgan fingerprint density at radius 1 is 1.12 bits per heavy atom. The number of likely N-dealkylation sites (N-methyl/N-ethyl adjacent to an activating group) is 2. The molecule has 3 rings (SSSR count). The predicted octanol–water partition coefficient (Wildman–Crippen LogP) is 4.39. The number of benzene rings is 1. The Bertz CT molecular complexity index is 1810. The molecule has 0 aliphatic carbocycles. The number of fused-ring (bicyclic) bond motifs is 1. The van der Waals surface area contributed by atoms with Gasteiger partial charge in [-0.25, -0.2) is 23.5 Å². The third-order valence-corrected chi connectivity index (χ3v) is 7.58. The number of nitrogens with zero attached hydrogens (tertiary/aromatic N) is 5. The first kappa shape index (κ1) is 40.4. The highest BCUT2D eigenvalue weighted by Gasteiger charge is 2.27. The van der Waals surface area contributed by atoms with Crippen molar-refractivity contribution < 1.29 is 33.0 Å². The monoisotopic (exact) mass is 711 g/mol. The molecule has 1 atom stereocenters. The fourth-order valence-corrected chi connectivity index (χ4v) is 5.05. The first-order valence-electron chi connectivity index (χ1n) is 16.7. The third-order valence-electron chi connectivity index (χ3n) is 7.58. The molecule has 1 unspecified atom stereocenters. The zero-order valence-corrected chi connectivity index (χ0v) is 30.9. The lowest BCUT2D eigenvalue weighted by atomic mass is 10.0. The van der Waals surface area contributed by atoms with Crippen molar-refractivity contribution in [2.24, 2.45) is 5.92 Å². The van der Waals surface area contributed by atoms with Crippen LogP contribution in [0.25, 0.3) is 11.0 Å². The van der Waals surface area contributed by atoms with Crippen molar-refractivity contribution in [2.75, 3.05) is 46.7 Å². The predicted molar refractivity (Wildman–Crippen MR) is 192 cm³/mol. The highest BCUT2D eigenvalue weighted by Crippen LogP contribution is 2.26. The highest BCUT2D eigenvalue weighted by atomic mass is 19.1. The number of carbonyl (C=O) groups excluding carboxylic acids is 4. The highest BCUT2D eigenvalue weighted by molar-refractivity contribution is 5.97. The second-order valence-corrected chi connectivity index (χ2v) is 13.8. The number of hydrogen-bond donors (Lipinski definition) is 2. The van der Waals surface area contributed by atoms with Crippen LogP contribution in [0.5, 0.6) is 0 Å². The van der Waals surface area contributed by atoms with Crippen LogP contribution in [-0.4, -0.2) is 101 Å². The van der Waals surface area contributed by atoms with Crippen LogP contribution in [0.15, 0.2) is 47.4 Å². The maximum Gasteiger partial charge on any atom is 0.420 e. The summed E-state index contributed by atoms with van der Waals surface area (Å²) in [5, 5.41) is 5.32. The lowest BCUT2D eigenvalue weighted by molar-refractivity contribution is -0.123. The molecule has 15 heteroatoms. The van der Waals surface area contributed by atoms with Gasteiger partial charge in [-0.2, -0.15) is 0 Å². The van der Waals surface area contributed by atoms with Gasteiger partial charge in [0.25, 0.3) is 5.56 Å². The molecule has 0 aliphatic heterocycles. The number of pyridine rings is 1. The van der Waals surface area contributed by atoms with Crippen LogP contribution in [0.4, 0.5) is 19.7 Å². The van der Waals surface area contributed by atoms with Crippen LogP contribution in [0, 0.1) is 11.7 Å². The number of hydrogen-bond acceptors (Lipinski definition) is 8. The van der Waals surface area contributed by atoms with Crippen LogP contribution >= 0.6 is 0 Å². The number of methoxy groups -OCH3 is 1. The number of halogens is 1. The molecule has 0 bridgehead atoms. The molecule has 2 N–H and O–H groups in total. The van der Waals surface area contributed by atoms with E-state index in [0.717, 1.165) is 0 Å². The molecule has 0 saturated carbocycles. The van der Waals surface area contributed by atoms with Crippen molar-refractivity contribution in [1.29, 1.82) is 0 Å². The number of urea groups is 1. The van der Waals surface area contributed by atoms with Crippen molar-refractivity contribution in [2.45, 2.75) is 72.1 Å². The van der Waals surface area contributed by atoms with Gasteiger partial charge in [0.2, 0.25) is 11.8 Å². The molecular formula is C36H50FN7O7. The van der Waals surface area contributed by atoms with E-state index in [1.807, 2.05) is 13.8 Å². The number of amides is 4. The van der Waals surface area contributed by atoms with E-state index in [4.69, 9.17) is 14.5 Å². The summed E-state index contributed by atoms with van der Waals surface area (Å²) in [4.78, 5) is 73.1. The Balaban J connectivity index is 1.97. The van der Waals surface area contributed by atoms with Gasteiger partial charge in [-0.1, -0.05) is 19.9 Å². The van der Waals surface area contributed by atoms with Gasteiger partial charge in [0.1, 0.15) is 29.0 Å². The molecule has 14 nitrogen and oxygen atoms in total. The van der Waals surface area contributed by atoms with E-state index in [2.05, 4.69) is 10.6 Å². The molecule has 2 aromatic heterocycles. The van der Waals surface area contributed by atoms with E-state index >= 15 is 0 Å². The number of rotatable bonds is 14. The molecule has 278 valence electrons. The first-order chi connectivity index (χ1) is 23.9. The van der Waals surface area contributed by atoms with Crippen molar-refractivity contribution in [3.8, 4) is 0 Å². The molecule has 0 fully saturated rings. The lowest BCUT2D eigenvalue weighted by Gasteiger charge is -2.23. The Morgan fingerprint density at radius 3 is 2.45 bits per heavy atom.